The van der Waals surface area contributed by atoms with E-state index in [9.17, 15) is 10.1 Å². The predicted octanol–water partition coefficient (Wildman–Crippen LogP) is 2.25. The van der Waals surface area contributed by atoms with Crippen LogP contribution in [0.3, 0.4) is 0 Å². The second-order valence-corrected chi connectivity index (χ2v) is 4.55. The molecule has 6 heteroatoms. The molecule has 6 nitrogen and oxygen atoms in total. The Hall–Kier alpha value is -2.39. The van der Waals surface area contributed by atoms with Crippen LogP contribution in [0.2, 0.25) is 0 Å². The maximum Gasteiger partial charge on any atom is 0.270 e. The van der Waals surface area contributed by atoms with Crippen molar-refractivity contribution in [3.63, 3.8) is 0 Å². The van der Waals surface area contributed by atoms with Crippen LogP contribution in [0.15, 0.2) is 30.9 Å². The molecule has 0 spiro atoms. The molecule has 1 aromatic rings. The van der Waals surface area contributed by atoms with Gasteiger partial charge in [-0.1, -0.05) is 6.08 Å². The molecule has 1 aromatic carbocycles. The van der Waals surface area contributed by atoms with E-state index in [-0.39, 0.29) is 11.8 Å². The van der Waals surface area contributed by atoms with Crippen LogP contribution in [0.1, 0.15) is 12.0 Å². The lowest BCUT2D eigenvalue weighted by Crippen LogP contribution is -2.23. The SMILES string of the molecule is C=CCOC1CCN(c2ccc([N+](=O)[O-])cc2C#N)C1. The molecular formula is C14H15N3O3. The van der Waals surface area contributed by atoms with Crippen LogP contribution < -0.4 is 4.90 Å². The molecule has 1 unspecified atom stereocenters. The van der Waals surface area contributed by atoms with Gasteiger partial charge in [0.2, 0.25) is 0 Å². The second kappa shape index (κ2) is 6.17. The molecule has 0 amide bonds. The van der Waals surface area contributed by atoms with E-state index < -0.39 is 4.92 Å². The lowest BCUT2D eigenvalue weighted by atomic mass is 10.1. The normalized spacial score (nSPS) is 17.8. The van der Waals surface area contributed by atoms with Crippen molar-refractivity contribution in [1.82, 2.24) is 0 Å². The number of non-ortho nitro benzene ring substituents is 1. The molecule has 0 bridgehead atoms. The Kier molecular flexibility index (Phi) is 4.33. The number of nitro groups is 1. The topological polar surface area (TPSA) is 79.4 Å². The Morgan fingerprint density at radius 1 is 1.65 bits per heavy atom. The van der Waals surface area contributed by atoms with Gasteiger partial charge in [-0.2, -0.15) is 5.26 Å². The second-order valence-electron chi connectivity index (χ2n) is 4.55. The predicted molar refractivity (Wildman–Crippen MR) is 74.6 cm³/mol. The largest absolute Gasteiger partial charge is 0.372 e. The number of hydrogen-bond acceptors (Lipinski definition) is 5. The number of ether oxygens (including phenoxy) is 1. The van der Waals surface area contributed by atoms with E-state index in [0.717, 1.165) is 18.7 Å². The maximum absolute atomic E-state index is 10.7. The minimum atomic E-state index is -0.495. The lowest BCUT2D eigenvalue weighted by molar-refractivity contribution is -0.384. The van der Waals surface area contributed by atoms with Gasteiger partial charge < -0.3 is 9.64 Å². The highest BCUT2D eigenvalue weighted by Crippen LogP contribution is 2.28. The number of nitriles is 1. The molecule has 0 radical (unpaired) electrons. The fourth-order valence-electron chi connectivity index (χ4n) is 2.29. The third kappa shape index (κ3) is 2.95. The third-order valence-corrected chi connectivity index (χ3v) is 3.25. The summed E-state index contributed by atoms with van der Waals surface area (Å²) in [7, 11) is 0. The molecule has 104 valence electrons. The van der Waals surface area contributed by atoms with Crippen molar-refractivity contribution in [1.29, 1.82) is 5.26 Å². The van der Waals surface area contributed by atoms with Crippen molar-refractivity contribution in [3.05, 3.63) is 46.5 Å². The summed E-state index contributed by atoms with van der Waals surface area (Å²) in [6.07, 6.45) is 2.68. The molecule has 0 aromatic heterocycles. The molecule has 20 heavy (non-hydrogen) atoms. The number of rotatable bonds is 5. The van der Waals surface area contributed by atoms with Crippen LogP contribution in [0.25, 0.3) is 0 Å². The quantitative estimate of drug-likeness (QED) is 0.467. The van der Waals surface area contributed by atoms with Gasteiger partial charge in [0.15, 0.2) is 0 Å². The molecule has 2 rings (SSSR count). The van der Waals surface area contributed by atoms with Gasteiger partial charge in [0.1, 0.15) is 6.07 Å². The Balaban J connectivity index is 2.15. The Morgan fingerprint density at radius 2 is 2.45 bits per heavy atom. The van der Waals surface area contributed by atoms with E-state index in [1.807, 2.05) is 11.0 Å². The Morgan fingerprint density at radius 3 is 3.10 bits per heavy atom. The van der Waals surface area contributed by atoms with Gasteiger partial charge in [0, 0.05) is 25.2 Å². The van der Waals surface area contributed by atoms with E-state index >= 15 is 0 Å². The van der Waals surface area contributed by atoms with Gasteiger partial charge in [0.05, 0.1) is 28.9 Å². The first kappa shape index (κ1) is 14.0. The first-order valence-electron chi connectivity index (χ1n) is 6.31. The number of benzene rings is 1. The van der Waals surface area contributed by atoms with Gasteiger partial charge in [-0.25, -0.2) is 0 Å². The summed E-state index contributed by atoms with van der Waals surface area (Å²) in [5.41, 5.74) is 0.982. The Labute approximate surface area is 117 Å². The molecule has 0 saturated carbocycles. The fourth-order valence-corrected chi connectivity index (χ4v) is 2.29. The minimum Gasteiger partial charge on any atom is -0.372 e. The van der Waals surface area contributed by atoms with Crippen LogP contribution >= 0.6 is 0 Å². The summed E-state index contributed by atoms with van der Waals surface area (Å²) < 4.78 is 5.59. The summed E-state index contributed by atoms with van der Waals surface area (Å²) in [5, 5.41) is 19.9. The van der Waals surface area contributed by atoms with E-state index in [1.54, 1.807) is 12.1 Å². The van der Waals surface area contributed by atoms with Crippen LogP contribution in [-0.4, -0.2) is 30.7 Å². The highest BCUT2D eigenvalue weighted by molar-refractivity contribution is 5.63. The lowest BCUT2D eigenvalue weighted by Gasteiger charge is -2.19. The number of anilines is 1. The minimum absolute atomic E-state index is 0.0658. The van der Waals surface area contributed by atoms with Gasteiger partial charge in [-0.15, -0.1) is 6.58 Å². The van der Waals surface area contributed by atoms with Crippen LogP contribution in [0.4, 0.5) is 11.4 Å². The van der Waals surface area contributed by atoms with Gasteiger partial charge >= 0.3 is 0 Å². The molecule has 0 aliphatic carbocycles. The fraction of sp³-hybridized carbons (Fsp3) is 0.357. The van der Waals surface area contributed by atoms with Crippen molar-refractivity contribution in [2.45, 2.75) is 12.5 Å². The van der Waals surface area contributed by atoms with E-state index in [2.05, 4.69) is 6.58 Å². The van der Waals surface area contributed by atoms with Crippen molar-refractivity contribution < 1.29 is 9.66 Å². The summed E-state index contributed by atoms with van der Waals surface area (Å²) >= 11 is 0. The molecule has 1 fully saturated rings. The smallest absolute Gasteiger partial charge is 0.270 e. The first-order chi connectivity index (χ1) is 9.65. The maximum atomic E-state index is 10.7. The summed E-state index contributed by atoms with van der Waals surface area (Å²) in [5.74, 6) is 0. The zero-order chi connectivity index (χ0) is 14.5. The highest BCUT2D eigenvalue weighted by Gasteiger charge is 2.25. The molecule has 1 atom stereocenters. The number of hydrogen-bond donors (Lipinski definition) is 0. The summed E-state index contributed by atoms with van der Waals surface area (Å²) in [6.45, 7) is 5.56. The molecular weight excluding hydrogens is 258 g/mol. The van der Waals surface area contributed by atoms with E-state index in [1.165, 1.54) is 12.1 Å². The van der Waals surface area contributed by atoms with E-state index in [4.69, 9.17) is 10.00 Å². The average Bonchev–Trinajstić information content (AvgIpc) is 2.92. The standard InChI is InChI=1S/C14H15N3O3/c1-2-7-20-13-5-6-16(10-13)14-4-3-12(17(18)19)8-11(14)9-15/h2-4,8,13H,1,5-7,10H2. The zero-order valence-corrected chi connectivity index (χ0v) is 11.0. The van der Waals surface area contributed by atoms with Gasteiger partial charge in [0.25, 0.3) is 5.69 Å². The Bertz CT molecular complexity index is 565. The van der Waals surface area contributed by atoms with E-state index in [0.29, 0.717) is 18.7 Å². The molecule has 1 aliphatic heterocycles. The molecule has 0 N–H and O–H groups in total. The third-order valence-electron chi connectivity index (χ3n) is 3.25. The van der Waals surface area contributed by atoms with Gasteiger partial charge in [-0.05, 0) is 12.5 Å². The van der Waals surface area contributed by atoms with Crippen molar-refractivity contribution >= 4 is 11.4 Å². The average molecular weight is 273 g/mol. The van der Waals surface area contributed by atoms with Crippen LogP contribution in [0, 0.1) is 21.4 Å². The monoisotopic (exact) mass is 273 g/mol. The molecule has 1 aliphatic rings. The van der Waals surface area contributed by atoms with Crippen molar-refractivity contribution in [2.75, 3.05) is 24.6 Å². The van der Waals surface area contributed by atoms with Gasteiger partial charge in [-0.3, -0.25) is 10.1 Å². The molecule has 1 heterocycles. The zero-order valence-electron chi connectivity index (χ0n) is 11.0. The molecule has 1 saturated heterocycles. The first-order valence-corrected chi connectivity index (χ1v) is 6.31. The van der Waals surface area contributed by atoms with Crippen molar-refractivity contribution in [3.8, 4) is 6.07 Å². The van der Waals surface area contributed by atoms with Crippen LogP contribution in [0.5, 0.6) is 0 Å². The van der Waals surface area contributed by atoms with Crippen molar-refractivity contribution in [2.24, 2.45) is 0 Å². The van der Waals surface area contributed by atoms with Crippen LogP contribution in [-0.2, 0) is 4.74 Å². The summed E-state index contributed by atoms with van der Waals surface area (Å²) in [4.78, 5) is 12.3. The summed E-state index contributed by atoms with van der Waals surface area (Å²) in [6, 6.07) is 6.39. The number of nitro benzene ring substituents is 1. The number of nitrogens with zero attached hydrogens (tertiary/aromatic N) is 3. The highest BCUT2D eigenvalue weighted by atomic mass is 16.6.